The van der Waals surface area contributed by atoms with Crippen LogP contribution >= 0.6 is 0 Å². The third kappa shape index (κ3) is 3.20. The second-order valence-electron chi connectivity index (χ2n) is 6.05. The summed E-state index contributed by atoms with van der Waals surface area (Å²) in [7, 11) is 1.77. The second-order valence-corrected chi connectivity index (χ2v) is 6.05. The lowest BCUT2D eigenvalue weighted by atomic mass is 10.1. The van der Waals surface area contributed by atoms with E-state index in [1.54, 1.807) is 22.6 Å². The van der Waals surface area contributed by atoms with Gasteiger partial charge in [-0.05, 0) is 41.6 Å². The molecule has 0 unspecified atom stereocenters. The van der Waals surface area contributed by atoms with Crippen LogP contribution in [0, 0.1) is 6.92 Å². The molecule has 4 rings (SSSR count). The van der Waals surface area contributed by atoms with Crippen molar-refractivity contribution in [2.75, 3.05) is 5.32 Å². The maximum atomic E-state index is 12.7. The molecule has 0 atom stereocenters. The van der Waals surface area contributed by atoms with Crippen molar-refractivity contribution in [3.05, 3.63) is 72.1 Å². The molecule has 0 fully saturated rings. The SMILES string of the molecule is Cc1c(C(=O)Nc2cccc(-c3nnnn3C)c2)cnn1-c1ccccc1. The van der Waals surface area contributed by atoms with E-state index < -0.39 is 0 Å². The zero-order valence-corrected chi connectivity index (χ0v) is 14.9. The first-order chi connectivity index (χ1) is 13.1. The highest BCUT2D eigenvalue weighted by atomic mass is 16.1. The zero-order valence-electron chi connectivity index (χ0n) is 14.9. The van der Waals surface area contributed by atoms with Crippen molar-refractivity contribution in [1.82, 2.24) is 30.0 Å². The minimum absolute atomic E-state index is 0.220. The molecule has 27 heavy (non-hydrogen) atoms. The predicted octanol–water partition coefficient (Wildman–Crippen LogP) is 2.62. The van der Waals surface area contributed by atoms with Crippen molar-refractivity contribution in [1.29, 1.82) is 0 Å². The second kappa shape index (κ2) is 6.83. The number of hydrogen-bond acceptors (Lipinski definition) is 5. The fourth-order valence-electron chi connectivity index (χ4n) is 2.87. The molecule has 0 aliphatic carbocycles. The molecule has 4 aromatic rings. The van der Waals surface area contributed by atoms with Gasteiger partial charge in [0.2, 0.25) is 0 Å². The Balaban J connectivity index is 1.59. The maximum absolute atomic E-state index is 12.7. The van der Waals surface area contributed by atoms with Crippen LogP contribution in [-0.2, 0) is 7.05 Å². The Morgan fingerprint density at radius 2 is 1.89 bits per heavy atom. The molecule has 8 heteroatoms. The fourth-order valence-corrected chi connectivity index (χ4v) is 2.87. The summed E-state index contributed by atoms with van der Waals surface area (Å²) in [6, 6.07) is 17.1. The molecule has 0 saturated carbocycles. The van der Waals surface area contributed by atoms with Gasteiger partial charge in [-0.15, -0.1) is 5.10 Å². The number of aromatic nitrogens is 6. The summed E-state index contributed by atoms with van der Waals surface area (Å²) in [5, 5.41) is 18.7. The van der Waals surface area contributed by atoms with Gasteiger partial charge in [0.1, 0.15) is 0 Å². The molecule has 0 aliphatic heterocycles. The van der Waals surface area contributed by atoms with Crippen LogP contribution in [0.15, 0.2) is 60.8 Å². The lowest BCUT2D eigenvalue weighted by Gasteiger charge is -2.08. The molecule has 0 bridgehead atoms. The van der Waals surface area contributed by atoms with Gasteiger partial charge < -0.3 is 5.32 Å². The first kappa shape index (κ1) is 16.6. The van der Waals surface area contributed by atoms with Gasteiger partial charge in [0.05, 0.1) is 23.1 Å². The molecule has 2 aromatic heterocycles. The van der Waals surface area contributed by atoms with Crippen LogP contribution in [-0.4, -0.2) is 35.9 Å². The summed E-state index contributed by atoms with van der Waals surface area (Å²) >= 11 is 0. The molecule has 0 spiro atoms. The average molecular weight is 359 g/mol. The summed E-state index contributed by atoms with van der Waals surface area (Å²) in [4.78, 5) is 12.7. The molecule has 0 saturated heterocycles. The smallest absolute Gasteiger partial charge is 0.259 e. The number of anilines is 1. The number of tetrazole rings is 1. The van der Waals surface area contributed by atoms with Gasteiger partial charge in [0.25, 0.3) is 5.91 Å². The van der Waals surface area contributed by atoms with Crippen LogP contribution in [0.3, 0.4) is 0 Å². The largest absolute Gasteiger partial charge is 0.322 e. The van der Waals surface area contributed by atoms with Crippen molar-refractivity contribution in [2.24, 2.45) is 7.05 Å². The third-order valence-electron chi connectivity index (χ3n) is 4.25. The lowest BCUT2D eigenvalue weighted by Crippen LogP contribution is -2.13. The Labute approximate surface area is 155 Å². The number of benzene rings is 2. The number of carbonyl (C=O) groups is 1. The van der Waals surface area contributed by atoms with E-state index in [9.17, 15) is 4.79 Å². The molecule has 0 radical (unpaired) electrons. The molecule has 134 valence electrons. The highest BCUT2D eigenvalue weighted by Gasteiger charge is 2.16. The topological polar surface area (TPSA) is 90.5 Å². The van der Waals surface area contributed by atoms with Gasteiger partial charge in [-0.3, -0.25) is 4.79 Å². The van der Waals surface area contributed by atoms with Gasteiger partial charge in [0.15, 0.2) is 5.82 Å². The van der Waals surface area contributed by atoms with Crippen LogP contribution in [0.4, 0.5) is 5.69 Å². The van der Waals surface area contributed by atoms with Crippen molar-refractivity contribution >= 4 is 11.6 Å². The highest BCUT2D eigenvalue weighted by molar-refractivity contribution is 6.05. The summed E-state index contributed by atoms with van der Waals surface area (Å²) in [5.74, 6) is 0.405. The monoisotopic (exact) mass is 359 g/mol. The lowest BCUT2D eigenvalue weighted by molar-refractivity contribution is 0.102. The molecule has 8 nitrogen and oxygen atoms in total. The Morgan fingerprint density at radius 3 is 2.63 bits per heavy atom. The minimum atomic E-state index is -0.220. The van der Waals surface area contributed by atoms with Crippen molar-refractivity contribution in [2.45, 2.75) is 6.92 Å². The van der Waals surface area contributed by atoms with Crippen LogP contribution in [0.2, 0.25) is 0 Å². The van der Waals surface area contributed by atoms with E-state index in [0.29, 0.717) is 17.1 Å². The van der Waals surface area contributed by atoms with Gasteiger partial charge >= 0.3 is 0 Å². The number of nitrogens with zero attached hydrogens (tertiary/aromatic N) is 6. The van der Waals surface area contributed by atoms with E-state index in [1.807, 2.05) is 61.5 Å². The maximum Gasteiger partial charge on any atom is 0.259 e. The first-order valence-electron chi connectivity index (χ1n) is 8.37. The Morgan fingerprint density at radius 1 is 1.07 bits per heavy atom. The normalized spacial score (nSPS) is 10.7. The summed E-state index contributed by atoms with van der Waals surface area (Å²) in [6.07, 6.45) is 1.58. The number of carbonyl (C=O) groups excluding carboxylic acids is 1. The van der Waals surface area contributed by atoms with E-state index in [4.69, 9.17) is 0 Å². The van der Waals surface area contributed by atoms with Crippen molar-refractivity contribution in [3.8, 4) is 17.1 Å². The van der Waals surface area contributed by atoms with E-state index in [1.165, 1.54) is 0 Å². The molecule has 1 amide bonds. The quantitative estimate of drug-likeness (QED) is 0.605. The number of rotatable bonds is 4. The Kier molecular flexibility index (Phi) is 4.21. The fraction of sp³-hybridized carbons (Fsp3) is 0.105. The summed E-state index contributed by atoms with van der Waals surface area (Å²) in [5.41, 5.74) is 3.67. The number of para-hydroxylation sites is 1. The Bertz CT molecular complexity index is 1100. The molecule has 2 heterocycles. The van der Waals surface area contributed by atoms with Crippen LogP contribution in [0.5, 0.6) is 0 Å². The summed E-state index contributed by atoms with van der Waals surface area (Å²) < 4.78 is 3.32. The highest BCUT2D eigenvalue weighted by Crippen LogP contribution is 2.21. The van der Waals surface area contributed by atoms with E-state index >= 15 is 0 Å². The van der Waals surface area contributed by atoms with Crippen LogP contribution in [0.1, 0.15) is 16.1 Å². The van der Waals surface area contributed by atoms with E-state index in [2.05, 4.69) is 25.9 Å². The number of hydrogen-bond donors (Lipinski definition) is 1. The van der Waals surface area contributed by atoms with Crippen molar-refractivity contribution in [3.63, 3.8) is 0 Å². The Hall–Kier alpha value is -3.81. The average Bonchev–Trinajstić information content (AvgIpc) is 3.28. The molecular weight excluding hydrogens is 342 g/mol. The standard InChI is InChI=1S/C19H17N7O/c1-13-17(12-20-26(13)16-9-4-3-5-10-16)19(27)21-15-8-6-7-14(11-15)18-22-23-24-25(18)2/h3-12H,1-2H3,(H,21,27). The van der Waals surface area contributed by atoms with E-state index in [0.717, 1.165) is 16.9 Å². The van der Waals surface area contributed by atoms with Gasteiger partial charge in [0, 0.05) is 18.3 Å². The van der Waals surface area contributed by atoms with Crippen LogP contribution < -0.4 is 5.32 Å². The zero-order chi connectivity index (χ0) is 18.8. The number of aryl methyl sites for hydroxylation is 1. The molecule has 0 aliphatic rings. The molecule has 1 N–H and O–H groups in total. The molecule has 2 aromatic carbocycles. The predicted molar refractivity (Wildman–Crippen MR) is 100 cm³/mol. The van der Waals surface area contributed by atoms with Gasteiger partial charge in [-0.2, -0.15) is 5.10 Å². The van der Waals surface area contributed by atoms with Crippen molar-refractivity contribution < 1.29 is 4.79 Å². The minimum Gasteiger partial charge on any atom is -0.322 e. The van der Waals surface area contributed by atoms with Crippen LogP contribution in [0.25, 0.3) is 17.1 Å². The number of amides is 1. The number of nitrogens with one attached hydrogen (secondary N) is 1. The van der Waals surface area contributed by atoms with E-state index in [-0.39, 0.29) is 5.91 Å². The van der Waals surface area contributed by atoms with Gasteiger partial charge in [-0.1, -0.05) is 30.3 Å². The van der Waals surface area contributed by atoms with Gasteiger partial charge in [-0.25, -0.2) is 9.36 Å². The molecular formula is C19H17N7O. The first-order valence-corrected chi connectivity index (χ1v) is 8.37. The summed E-state index contributed by atoms with van der Waals surface area (Å²) in [6.45, 7) is 1.87. The third-order valence-corrected chi connectivity index (χ3v) is 4.25.